The van der Waals surface area contributed by atoms with E-state index in [4.69, 9.17) is 0 Å². The predicted octanol–water partition coefficient (Wildman–Crippen LogP) is 0.766. The third-order valence-corrected chi connectivity index (χ3v) is 3.56. The average Bonchev–Trinajstić information content (AvgIpc) is 2.86. The Bertz CT molecular complexity index is 379. The Kier molecular flexibility index (Phi) is 2.84. The fourth-order valence-electron chi connectivity index (χ4n) is 2.46. The van der Waals surface area contributed by atoms with Crippen molar-refractivity contribution in [2.45, 2.75) is 37.8 Å². The van der Waals surface area contributed by atoms with Crippen molar-refractivity contribution in [2.75, 3.05) is 13.1 Å². The maximum atomic E-state index is 12.3. The van der Waals surface area contributed by atoms with Gasteiger partial charge in [-0.2, -0.15) is 0 Å². The average molecular weight is 234 g/mol. The number of imidazole rings is 1. The Balaban J connectivity index is 1.69. The highest BCUT2D eigenvalue weighted by Crippen LogP contribution is 2.28. The summed E-state index contributed by atoms with van der Waals surface area (Å²) in [5.41, 5.74) is 0.606. The van der Waals surface area contributed by atoms with Crippen LogP contribution in [0.2, 0.25) is 0 Å². The summed E-state index contributed by atoms with van der Waals surface area (Å²) in [4.78, 5) is 21.1. The van der Waals surface area contributed by atoms with E-state index >= 15 is 0 Å². The van der Waals surface area contributed by atoms with Gasteiger partial charge in [0.15, 0.2) is 0 Å². The van der Waals surface area contributed by atoms with E-state index in [-0.39, 0.29) is 5.91 Å². The van der Waals surface area contributed by atoms with Crippen molar-refractivity contribution in [3.05, 3.63) is 18.2 Å². The van der Waals surface area contributed by atoms with Gasteiger partial charge >= 0.3 is 0 Å². The van der Waals surface area contributed by atoms with Crippen molar-refractivity contribution in [2.24, 2.45) is 0 Å². The summed E-state index contributed by atoms with van der Waals surface area (Å²) in [5.74, 6) is 0.0960. The fourth-order valence-corrected chi connectivity index (χ4v) is 2.46. The number of rotatable bonds is 4. The molecule has 1 unspecified atom stereocenters. The summed E-state index contributed by atoms with van der Waals surface area (Å²) >= 11 is 0. The third kappa shape index (κ3) is 2.34. The van der Waals surface area contributed by atoms with Gasteiger partial charge in [-0.1, -0.05) is 0 Å². The minimum absolute atomic E-state index is 0.0960. The van der Waals surface area contributed by atoms with Crippen LogP contribution in [0.4, 0.5) is 0 Å². The molecule has 1 saturated heterocycles. The van der Waals surface area contributed by atoms with E-state index in [1.165, 1.54) is 12.8 Å². The standard InChI is InChI=1S/C12H18N4O/c17-12(11-6-13-8-15-11)16(10-3-4-10)7-9-2-1-5-14-9/h6,8-10,14H,1-5,7H2,(H,13,15). The molecular weight excluding hydrogens is 216 g/mol. The van der Waals surface area contributed by atoms with E-state index in [0.29, 0.717) is 17.8 Å². The van der Waals surface area contributed by atoms with E-state index < -0.39 is 0 Å². The van der Waals surface area contributed by atoms with Crippen molar-refractivity contribution in [3.63, 3.8) is 0 Å². The van der Waals surface area contributed by atoms with Crippen LogP contribution in [0.1, 0.15) is 36.2 Å². The highest BCUT2D eigenvalue weighted by Gasteiger charge is 2.35. The van der Waals surface area contributed by atoms with Crippen LogP contribution in [-0.2, 0) is 0 Å². The van der Waals surface area contributed by atoms with Gasteiger partial charge < -0.3 is 15.2 Å². The molecule has 1 aliphatic carbocycles. The van der Waals surface area contributed by atoms with E-state index in [1.54, 1.807) is 12.5 Å². The zero-order chi connectivity index (χ0) is 11.7. The monoisotopic (exact) mass is 234 g/mol. The Morgan fingerprint density at radius 2 is 2.35 bits per heavy atom. The molecule has 1 atom stereocenters. The normalized spacial score (nSPS) is 23.9. The Morgan fingerprint density at radius 1 is 1.47 bits per heavy atom. The van der Waals surface area contributed by atoms with Crippen LogP contribution in [0.25, 0.3) is 0 Å². The number of amides is 1. The lowest BCUT2D eigenvalue weighted by atomic mass is 10.2. The number of H-pyrrole nitrogens is 1. The summed E-state index contributed by atoms with van der Waals surface area (Å²) in [6.45, 7) is 1.92. The molecule has 2 heterocycles. The van der Waals surface area contributed by atoms with Gasteiger partial charge in [0.1, 0.15) is 5.69 Å². The molecule has 1 aromatic rings. The first kappa shape index (κ1) is 10.8. The van der Waals surface area contributed by atoms with Crippen molar-refractivity contribution in [1.82, 2.24) is 20.2 Å². The van der Waals surface area contributed by atoms with E-state index in [2.05, 4.69) is 15.3 Å². The highest BCUT2D eigenvalue weighted by atomic mass is 16.2. The predicted molar refractivity (Wildman–Crippen MR) is 63.7 cm³/mol. The zero-order valence-corrected chi connectivity index (χ0v) is 9.85. The van der Waals surface area contributed by atoms with Crippen molar-refractivity contribution < 1.29 is 4.79 Å². The quantitative estimate of drug-likeness (QED) is 0.808. The van der Waals surface area contributed by atoms with E-state index in [1.807, 2.05) is 4.90 Å². The lowest BCUT2D eigenvalue weighted by Gasteiger charge is -2.25. The van der Waals surface area contributed by atoms with Gasteiger partial charge in [-0.3, -0.25) is 4.79 Å². The summed E-state index contributed by atoms with van der Waals surface area (Å²) < 4.78 is 0. The molecule has 2 N–H and O–H groups in total. The first-order valence-electron chi connectivity index (χ1n) is 6.37. The van der Waals surface area contributed by atoms with E-state index in [9.17, 15) is 4.79 Å². The van der Waals surface area contributed by atoms with Crippen molar-refractivity contribution >= 4 is 5.91 Å². The van der Waals surface area contributed by atoms with Crippen molar-refractivity contribution in [3.8, 4) is 0 Å². The highest BCUT2D eigenvalue weighted by molar-refractivity contribution is 5.92. The SMILES string of the molecule is O=C(c1cnc[nH]1)N(CC1CCCN1)C1CC1. The molecule has 2 fully saturated rings. The first-order chi connectivity index (χ1) is 8.34. The van der Waals surface area contributed by atoms with Crippen LogP contribution in [0.3, 0.4) is 0 Å². The molecule has 0 radical (unpaired) electrons. The minimum atomic E-state index is 0.0960. The number of nitrogens with one attached hydrogen (secondary N) is 2. The summed E-state index contributed by atoms with van der Waals surface area (Å²) in [5, 5.41) is 3.45. The topological polar surface area (TPSA) is 61.0 Å². The van der Waals surface area contributed by atoms with Crippen LogP contribution in [0.5, 0.6) is 0 Å². The molecule has 5 heteroatoms. The van der Waals surface area contributed by atoms with Crippen LogP contribution >= 0.6 is 0 Å². The van der Waals surface area contributed by atoms with Crippen LogP contribution in [0.15, 0.2) is 12.5 Å². The zero-order valence-electron chi connectivity index (χ0n) is 9.85. The first-order valence-corrected chi connectivity index (χ1v) is 6.37. The van der Waals surface area contributed by atoms with Crippen molar-refractivity contribution in [1.29, 1.82) is 0 Å². The molecule has 1 amide bonds. The molecular formula is C12H18N4O. The summed E-state index contributed by atoms with van der Waals surface area (Å²) in [6.07, 6.45) is 7.87. The van der Waals surface area contributed by atoms with Gasteiger partial charge in [0.2, 0.25) is 0 Å². The molecule has 0 bridgehead atoms. The number of carbonyl (C=O) groups excluding carboxylic acids is 1. The minimum Gasteiger partial charge on any atom is -0.341 e. The maximum absolute atomic E-state index is 12.3. The van der Waals surface area contributed by atoms with E-state index in [0.717, 1.165) is 25.9 Å². The Labute approximate surface area is 101 Å². The summed E-state index contributed by atoms with van der Waals surface area (Å²) in [7, 11) is 0. The lowest BCUT2D eigenvalue weighted by Crippen LogP contribution is -2.42. The van der Waals surface area contributed by atoms with Gasteiger partial charge in [0, 0.05) is 18.6 Å². The number of hydrogen-bond donors (Lipinski definition) is 2. The van der Waals surface area contributed by atoms with Gasteiger partial charge in [0.25, 0.3) is 5.91 Å². The number of aromatic amines is 1. The van der Waals surface area contributed by atoms with Crippen LogP contribution in [0, 0.1) is 0 Å². The lowest BCUT2D eigenvalue weighted by molar-refractivity contribution is 0.0723. The van der Waals surface area contributed by atoms with Gasteiger partial charge in [-0.05, 0) is 32.2 Å². The number of aromatic nitrogens is 2. The van der Waals surface area contributed by atoms with Gasteiger partial charge in [-0.15, -0.1) is 0 Å². The number of hydrogen-bond acceptors (Lipinski definition) is 3. The molecule has 1 aromatic heterocycles. The number of carbonyl (C=O) groups is 1. The maximum Gasteiger partial charge on any atom is 0.272 e. The Morgan fingerprint density at radius 3 is 2.94 bits per heavy atom. The fraction of sp³-hybridized carbons (Fsp3) is 0.667. The second-order valence-corrected chi connectivity index (χ2v) is 4.95. The third-order valence-electron chi connectivity index (χ3n) is 3.56. The molecule has 0 spiro atoms. The Hall–Kier alpha value is -1.36. The smallest absolute Gasteiger partial charge is 0.272 e. The molecule has 2 aliphatic rings. The molecule has 1 aliphatic heterocycles. The second-order valence-electron chi connectivity index (χ2n) is 4.95. The molecule has 3 rings (SSSR count). The van der Waals surface area contributed by atoms with Crippen LogP contribution in [-0.4, -0.2) is 45.9 Å². The molecule has 1 saturated carbocycles. The van der Waals surface area contributed by atoms with Gasteiger partial charge in [0.05, 0.1) is 12.5 Å². The molecule has 0 aromatic carbocycles. The largest absolute Gasteiger partial charge is 0.341 e. The molecule has 92 valence electrons. The van der Waals surface area contributed by atoms with Gasteiger partial charge in [-0.25, -0.2) is 4.98 Å². The molecule has 5 nitrogen and oxygen atoms in total. The second kappa shape index (κ2) is 4.49. The summed E-state index contributed by atoms with van der Waals surface area (Å²) in [6, 6.07) is 0.927. The molecule has 17 heavy (non-hydrogen) atoms. The van der Waals surface area contributed by atoms with Crippen LogP contribution < -0.4 is 5.32 Å². The number of nitrogens with zero attached hydrogens (tertiary/aromatic N) is 2.